The minimum atomic E-state index is 0.00231. The number of nitrogens with zero attached hydrogens (tertiary/aromatic N) is 1. The zero-order chi connectivity index (χ0) is 8.43. The standard InChI is InChI=1S/C8H15N3/c1-5(2)7-4-10-8(11-7)6(3)9/h4-6H,9H2,1-3H3,(H,10,11). The van der Waals surface area contributed by atoms with Gasteiger partial charge in [-0.1, -0.05) is 13.8 Å². The van der Waals surface area contributed by atoms with E-state index in [-0.39, 0.29) is 6.04 Å². The monoisotopic (exact) mass is 153 g/mol. The number of H-pyrrole nitrogens is 1. The maximum absolute atomic E-state index is 5.63. The first-order valence-electron chi connectivity index (χ1n) is 3.91. The maximum atomic E-state index is 5.63. The third kappa shape index (κ3) is 1.80. The molecular weight excluding hydrogens is 138 g/mol. The molecule has 1 atom stereocenters. The number of hydrogen-bond donors (Lipinski definition) is 2. The van der Waals surface area contributed by atoms with Gasteiger partial charge < -0.3 is 10.7 Å². The molecule has 0 aliphatic carbocycles. The highest BCUT2D eigenvalue weighted by Gasteiger charge is 2.06. The zero-order valence-corrected chi connectivity index (χ0v) is 7.26. The molecule has 3 N–H and O–H groups in total. The summed E-state index contributed by atoms with van der Waals surface area (Å²) in [6.07, 6.45) is 1.85. The Kier molecular flexibility index (Phi) is 2.29. The van der Waals surface area contributed by atoms with Crippen LogP contribution in [0.25, 0.3) is 0 Å². The van der Waals surface area contributed by atoms with E-state index >= 15 is 0 Å². The Hall–Kier alpha value is -0.830. The summed E-state index contributed by atoms with van der Waals surface area (Å²) in [5.74, 6) is 1.36. The third-order valence-corrected chi connectivity index (χ3v) is 1.67. The predicted molar refractivity (Wildman–Crippen MR) is 45.3 cm³/mol. The Labute approximate surface area is 67.0 Å². The molecule has 1 unspecified atom stereocenters. The average Bonchev–Trinajstić information content (AvgIpc) is 2.33. The van der Waals surface area contributed by atoms with Crippen LogP contribution in [-0.2, 0) is 0 Å². The van der Waals surface area contributed by atoms with Gasteiger partial charge in [-0.05, 0) is 12.8 Å². The molecule has 3 nitrogen and oxygen atoms in total. The summed E-state index contributed by atoms with van der Waals surface area (Å²) in [4.78, 5) is 7.33. The summed E-state index contributed by atoms with van der Waals surface area (Å²) in [5, 5.41) is 0. The number of rotatable bonds is 2. The lowest BCUT2D eigenvalue weighted by molar-refractivity contribution is 0.742. The molecule has 0 radical (unpaired) electrons. The number of nitrogens with two attached hydrogens (primary N) is 1. The van der Waals surface area contributed by atoms with E-state index in [4.69, 9.17) is 5.73 Å². The van der Waals surface area contributed by atoms with E-state index in [0.29, 0.717) is 5.92 Å². The van der Waals surface area contributed by atoms with Crippen molar-refractivity contribution >= 4 is 0 Å². The molecule has 11 heavy (non-hydrogen) atoms. The van der Waals surface area contributed by atoms with Crippen molar-refractivity contribution in [2.45, 2.75) is 32.7 Å². The number of nitrogens with one attached hydrogen (secondary N) is 1. The summed E-state index contributed by atoms with van der Waals surface area (Å²) in [7, 11) is 0. The van der Waals surface area contributed by atoms with E-state index in [1.165, 1.54) is 0 Å². The van der Waals surface area contributed by atoms with Gasteiger partial charge in [-0.25, -0.2) is 4.98 Å². The molecule has 0 saturated heterocycles. The van der Waals surface area contributed by atoms with Gasteiger partial charge in [0, 0.05) is 11.9 Å². The Morgan fingerprint density at radius 3 is 2.36 bits per heavy atom. The Bertz CT molecular complexity index is 202. The van der Waals surface area contributed by atoms with E-state index in [9.17, 15) is 0 Å². The molecule has 0 amide bonds. The summed E-state index contributed by atoms with van der Waals surface area (Å²) < 4.78 is 0. The van der Waals surface area contributed by atoms with Crippen molar-refractivity contribution in [1.82, 2.24) is 9.97 Å². The maximum Gasteiger partial charge on any atom is 0.122 e. The van der Waals surface area contributed by atoms with Crippen LogP contribution in [0.2, 0.25) is 0 Å². The SMILES string of the molecule is CC(C)c1cnc(C(C)N)[nH]1. The van der Waals surface area contributed by atoms with Gasteiger partial charge in [0.1, 0.15) is 5.82 Å². The lowest BCUT2D eigenvalue weighted by Gasteiger charge is -2.00. The Balaban J connectivity index is 2.82. The molecule has 1 aromatic rings. The van der Waals surface area contributed by atoms with Crippen molar-refractivity contribution in [1.29, 1.82) is 0 Å². The van der Waals surface area contributed by atoms with E-state index in [0.717, 1.165) is 11.5 Å². The fraction of sp³-hybridized carbons (Fsp3) is 0.625. The first kappa shape index (κ1) is 8.27. The third-order valence-electron chi connectivity index (χ3n) is 1.67. The van der Waals surface area contributed by atoms with Gasteiger partial charge in [-0.2, -0.15) is 0 Å². The zero-order valence-electron chi connectivity index (χ0n) is 7.26. The minimum absolute atomic E-state index is 0.00231. The van der Waals surface area contributed by atoms with Crippen LogP contribution in [0.3, 0.4) is 0 Å². The van der Waals surface area contributed by atoms with Crippen molar-refractivity contribution in [2.75, 3.05) is 0 Å². The quantitative estimate of drug-likeness (QED) is 0.677. The van der Waals surface area contributed by atoms with Crippen LogP contribution in [0.15, 0.2) is 6.20 Å². The molecule has 3 heteroatoms. The molecule has 1 rings (SSSR count). The lowest BCUT2D eigenvalue weighted by atomic mass is 10.2. The van der Waals surface area contributed by atoms with E-state index in [1.807, 2.05) is 13.1 Å². The molecule has 0 aromatic carbocycles. The summed E-state index contributed by atoms with van der Waals surface area (Å²) in [5.41, 5.74) is 6.78. The fourth-order valence-electron chi connectivity index (χ4n) is 0.876. The summed E-state index contributed by atoms with van der Waals surface area (Å²) in [6.45, 7) is 6.17. The first-order valence-corrected chi connectivity index (χ1v) is 3.91. The second-order valence-corrected chi connectivity index (χ2v) is 3.17. The highest BCUT2D eigenvalue weighted by atomic mass is 15.0. The van der Waals surface area contributed by atoms with Crippen molar-refractivity contribution in [3.63, 3.8) is 0 Å². The highest BCUT2D eigenvalue weighted by molar-refractivity contribution is 5.07. The van der Waals surface area contributed by atoms with E-state index in [2.05, 4.69) is 23.8 Å². The number of aromatic nitrogens is 2. The minimum Gasteiger partial charge on any atom is -0.344 e. The molecule has 62 valence electrons. The normalized spacial score (nSPS) is 13.9. The van der Waals surface area contributed by atoms with Gasteiger partial charge in [-0.15, -0.1) is 0 Å². The van der Waals surface area contributed by atoms with E-state index < -0.39 is 0 Å². The first-order chi connectivity index (χ1) is 5.11. The second-order valence-electron chi connectivity index (χ2n) is 3.17. The molecule has 0 spiro atoms. The molecule has 0 aliphatic rings. The van der Waals surface area contributed by atoms with Gasteiger partial charge in [0.2, 0.25) is 0 Å². The van der Waals surface area contributed by atoms with Crippen LogP contribution < -0.4 is 5.73 Å². The van der Waals surface area contributed by atoms with Crippen LogP contribution in [0.5, 0.6) is 0 Å². The van der Waals surface area contributed by atoms with Gasteiger partial charge in [0.15, 0.2) is 0 Å². The van der Waals surface area contributed by atoms with Gasteiger partial charge in [-0.3, -0.25) is 0 Å². The summed E-state index contributed by atoms with van der Waals surface area (Å²) >= 11 is 0. The highest BCUT2D eigenvalue weighted by Crippen LogP contribution is 2.13. The average molecular weight is 153 g/mol. The molecule has 1 heterocycles. The van der Waals surface area contributed by atoms with Crippen molar-refractivity contribution in [3.8, 4) is 0 Å². The summed E-state index contributed by atoms with van der Waals surface area (Å²) in [6, 6.07) is 0.00231. The smallest absolute Gasteiger partial charge is 0.122 e. The van der Waals surface area contributed by atoms with Crippen molar-refractivity contribution < 1.29 is 0 Å². The number of imidazole rings is 1. The van der Waals surface area contributed by atoms with Crippen molar-refractivity contribution in [2.24, 2.45) is 5.73 Å². The van der Waals surface area contributed by atoms with Gasteiger partial charge >= 0.3 is 0 Å². The van der Waals surface area contributed by atoms with Crippen LogP contribution in [-0.4, -0.2) is 9.97 Å². The van der Waals surface area contributed by atoms with E-state index in [1.54, 1.807) is 0 Å². The second kappa shape index (κ2) is 3.05. The molecular formula is C8H15N3. The molecule has 0 fully saturated rings. The van der Waals surface area contributed by atoms with Crippen LogP contribution in [0.4, 0.5) is 0 Å². The van der Waals surface area contributed by atoms with Crippen LogP contribution in [0.1, 0.15) is 44.2 Å². The van der Waals surface area contributed by atoms with Crippen LogP contribution >= 0.6 is 0 Å². The largest absolute Gasteiger partial charge is 0.344 e. The number of aromatic amines is 1. The molecule has 0 saturated carbocycles. The van der Waals surface area contributed by atoms with Crippen LogP contribution in [0, 0.1) is 0 Å². The molecule has 1 aromatic heterocycles. The predicted octanol–water partition coefficient (Wildman–Crippen LogP) is 1.55. The van der Waals surface area contributed by atoms with Gasteiger partial charge in [0.25, 0.3) is 0 Å². The Morgan fingerprint density at radius 1 is 1.45 bits per heavy atom. The topological polar surface area (TPSA) is 54.7 Å². The molecule has 0 aliphatic heterocycles. The number of hydrogen-bond acceptors (Lipinski definition) is 2. The Morgan fingerprint density at radius 2 is 2.09 bits per heavy atom. The lowest BCUT2D eigenvalue weighted by Crippen LogP contribution is -2.06. The molecule has 0 bridgehead atoms. The van der Waals surface area contributed by atoms with Gasteiger partial charge in [0.05, 0.1) is 6.04 Å². The fourth-order valence-corrected chi connectivity index (χ4v) is 0.876. The van der Waals surface area contributed by atoms with Crippen molar-refractivity contribution in [3.05, 3.63) is 17.7 Å².